The lowest BCUT2D eigenvalue weighted by molar-refractivity contribution is 0.101. The van der Waals surface area contributed by atoms with Crippen LogP contribution in [0.15, 0.2) is 59.7 Å². The maximum absolute atomic E-state index is 11.5. The van der Waals surface area contributed by atoms with Crippen LogP contribution in [0.3, 0.4) is 0 Å². The summed E-state index contributed by atoms with van der Waals surface area (Å²) in [6.45, 7) is 2.15. The van der Waals surface area contributed by atoms with Crippen LogP contribution in [-0.2, 0) is 6.54 Å². The molecular weight excluding hydrogens is 320 g/mol. The van der Waals surface area contributed by atoms with Crippen LogP contribution < -0.4 is 4.90 Å². The molecule has 0 bridgehead atoms. The summed E-state index contributed by atoms with van der Waals surface area (Å²) in [6, 6.07) is 13.9. The number of nitrogens with zero attached hydrogens (tertiary/aromatic N) is 2. The number of halogens is 1. The minimum absolute atomic E-state index is 0.0766. The van der Waals surface area contributed by atoms with Crippen LogP contribution in [0.25, 0.3) is 0 Å². The number of carbonyl (C=O) groups is 1. The van der Waals surface area contributed by atoms with Gasteiger partial charge in [-0.1, -0.05) is 48.0 Å². The fraction of sp³-hybridized carbons (Fsp3) is 0.200. The number of carbonyl (C=O) groups excluding carboxylic acids is 1. The van der Waals surface area contributed by atoms with Crippen LogP contribution in [0, 0.1) is 0 Å². The second-order valence-electron chi connectivity index (χ2n) is 6.12. The molecule has 0 saturated heterocycles. The minimum atomic E-state index is 0.0766. The van der Waals surface area contributed by atoms with Crippen LogP contribution in [0.4, 0.5) is 5.69 Å². The van der Waals surface area contributed by atoms with E-state index in [9.17, 15) is 4.79 Å². The molecule has 0 N–H and O–H groups in total. The van der Waals surface area contributed by atoms with Gasteiger partial charge in [-0.05, 0) is 31.0 Å². The average Bonchev–Trinajstić information content (AvgIpc) is 3.00. The Kier molecular flexibility index (Phi) is 3.73. The van der Waals surface area contributed by atoms with Gasteiger partial charge in [0.05, 0.1) is 18.3 Å². The van der Waals surface area contributed by atoms with Crippen LogP contribution >= 0.6 is 11.6 Å². The molecule has 2 aromatic rings. The van der Waals surface area contributed by atoms with Gasteiger partial charge in [0.15, 0.2) is 5.78 Å². The molecule has 1 unspecified atom stereocenters. The molecule has 1 atom stereocenters. The predicted octanol–water partition coefficient (Wildman–Crippen LogP) is 4.64. The number of anilines is 1. The van der Waals surface area contributed by atoms with Crippen molar-refractivity contribution >= 4 is 28.8 Å². The van der Waals surface area contributed by atoms with Crippen molar-refractivity contribution in [2.75, 3.05) is 4.90 Å². The van der Waals surface area contributed by atoms with Gasteiger partial charge in [-0.25, -0.2) is 0 Å². The summed E-state index contributed by atoms with van der Waals surface area (Å²) < 4.78 is 0. The monoisotopic (exact) mass is 336 g/mol. The lowest BCUT2D eigenvalue weighted by atomic mass is 9.99. The van der Waals surface area contributed by atoms with Crippen LogP contribution in [0.2, 0.25) is 5.02 Å². The minimum Gasteiger partial charge on any atom is -0.339 e. The highest BCUT2D eigenvalue weighted by Gasteiger charge is 2.30. The summed E-state index contributed by atoms with van der Waals surface area (Å²) in [5.74, 6) is 0.0766. The molecule has 2 aliphatic rings. The maximum atomic E-state index is 11.5. The molecule has 0 aliphatic carbocycles. The molecule has 3 nitrogen and oxygen atoms in total. The fourth-order valence-corrected chi connectivity index (χ4v) is 3.62. The van der Waals surface area contributed by atoms with Crippen LogP contribution in [0.1, 0.15) is 34.8 Å². The smallest absolute Gasteiger partial charge is 0.159 e. The van der Waals surface area contributed by atoms with Crippen LogP contribution in [0.5, 0.6) is 0 Å². The standard InChI is InChI=1S/C20H17ClN2O/c1-13(24)14-7-9-15(10-8-14)20-19-6-3-11-23(19)18-5-2-4-17(21)16(18)12-22-20/h2-5,7-11,19H,6,12H2,1H3. The molecular formula is C20H17ClN2O. The van der Waals surface area contributed by atoms with E-state index >= 15 is 0 Å². The number of fused-ring (bicyclic) bond motifs is 3. The summed E-state index contributed by atoms with van der Waals surface area (Å²) >= 11 is 6.40. The molecule has 0 spiro atoms. The summed E-state index contributed by atoms with van der Waals surface area (Å²) in [4.78, 5) is 18.6. The van der Waals surface area contributed by atoms with Gasteiger partial charge in [0, 0.05) is 28.0 Å². The van der Waals surface area contributed by atoms with E-state index in [4.69, 9.17) is 16.6 Å². The van der Waals surface area contributed by atoms with E-state index in [1.807, 2.05) is 36.4 Å². The predicted molar refractivity (Wildman–Crippen MR) is 98.2 cm³/mol. The third-order valence-electron chi connectivity index (χ3n) is 4.64. The maximum Gasteiger partial charge on any atom is 0.159 e. The van der Waals surface area contributed by atoms with E-state index in [0.29, 0.717) is 6.54 Å². The molecule has 2 aliphatic heterocycles. The first-order chi connectivity index (χ1) is 11.6. The van der Waals surface area contributed by atoms with E-state index < -0.39 is 0 Å². The first-order valence-electron chi connectivity index (χ1n) is 8.03. The number of benzene rings is 2. The Labute approximate surface area is 146 Å². The lowest BCUT2D eigenvalue weighted by Crippen LogP contribution is -2.34. The SMILES string of the molecule is CC(=O)c1ccc(C2=NCc3c(Cl)cccc3N3C=CCC23)cc1. The van der Waals surface area contributed by atoms with Gasteiger partial charge in [0.1, 0.15) is 0 Å². The van der Waals surface area contributed by atoms with E-state index in [1.54, 1.807) is 6.92 Å². The van der Waals surface area contributed by atoms with Gasteiger partial charge in [-0.2, -0.15) is 0 Å². The number of Topliss-reactive ketones (excluding diaryl/α,β-unsaturated/α-hetero) is 1. The number of aliphatic imine (C=N–C) groups is 1. The highest BCUT2D eigenvalue weighted by atomic mass is 35.5. The van der Waals surface area contributed by atoms with Crippen molar-refractivity contribution in [1.82, 2.24) is 0 Å². The van der Waals surface area contributed by atoms with Crippen LogP contribution in [-0.4, -0.2) is 17.5 Å². The first-order valence-corrected chi connectivity index (χ1v) is 8.41. The first kappa shape index (κ1) is 15.2. The Hall–Kier alpha value is -2.39. The van der Waals surface area contributed by atoms with Crippen molar-refractivity contribution in [1.29, 1.82) is 0 Å². The molecule has 120 valence electrons. The highest BCUT2D eigenvalue weighted by molar-refractivity contribution is 6.31. The summed E-state index contributed by atoms with van der Waals surface area (Å²) in [5.41, 5.74) is 5.01. The zero-order valence-electron chi connectivity index (χ0n) is 13.4. The zero-order valence-corrected chi connectivity index (χ0v) is 14.1. The molecule has 0 radical (unpaired) electrons. The van der Waals surface area contributed by atoms with Crippen molar-refractivity contribution in [3.8, 4) is 0 Å². The van der Waals surface area contributed by atoms with Crippen molar-refractivity contribution in [2.45, 2.75) is 25.9 Å². The molecule has 4 rings (SSSR count). The number of ketones is 1. The Bertz CT molecular complexity index is 868. The molecule has 24 heavy (non-hydrogen) atoms. The fourth-order valence-electron chi connectivity index (χ4n) is 3.39. The number of rotatable bonds is 2. The quantitative estimate of drug-likeness (QED) is 0.748. The van der Waals surface area contributed by atoms with Gasteiger partial charge in [0.2, 0.25) is 0 Å². The Balaban J connectivity index is 1.78. The topological polar surface area (TPSA) is 32.7 Å². The summed E-state index contributed by atoms with van der Waals surface area (Å²) in [7, 11) is 0. The average molecular weight is 337 g/mol. The van der Waals surface area contributed by atoms with Crippen molar-refractivity contribution in [2.24, 2.45) is 4.99 Å². The van der Waals surface area contributed by atoms with E-state index in [0.717, 1.165) is 39.5 Å². The normalized spacial score (nSPS) is 18.7. The van der Waals surface area contributed by atoms with Gasteiger partial charge in [0.25, 0.3) is 0 Å². The Morgan fingerprint density at radius 3 is 2.75 bits per heavy atom. The third kappa shape index (κ3) is 2.45. The Morgan fingerprint density at radius 1 is 1.21 bits per heavy atom. The molecule has 4 heteroatoms. The molecule has 0 fully saturated rings. The van der Waals surface area contributed by atoms with Gasteiger partial charge in [-0.15, -0.1) is 0 Å². The van der Waals surface area contributed by atoms with E-state index in [-0.39, 0.29) is 11.8 Å². The molecule has 2 heterocycles. The summed E-state index contributed by atoms with van der Waals surface area (Å²) in [5, 5.41) is 0.753. The lowest BCUT2D eigenvalue weighted by Gasteiger charge is -2.26. The van der Waals surface area contributed by atoms with E-state index in [2.05, 4.69) is 23.2 Å². The second kappa shape index (κ2) is 5.91. The summed E-state index contributed by atoms with van der Waals surface area (Å²) in [6.07, 6.45) is 5.20. The largest absolute Gasteiger partial charge is 0.339 e. The van der Waals surface area contributed by atoms with E-state index in [1.165, 1.54) is 0 Å². The van der Waals surface area contributed by atoms with Gasteiger partial charge < -0.3 is 4.90 Å². The third-order valence-corrected chi connectivity index (χ3v) is 5.00. The van der Waals surface area contributed by atoms with Crippen molar-refractivity contribution in [3.05, 3.63) is 76.5 Å². The molecule has 0 aromatic heterocycles. The van der Waals surface area contributed by atoms with Crippen molar-refractivity contribution < 1.29 is 4.79 Å². The molecule has 0 saturated carbocycles. The number of hydrogen-bond donors (Lipinski definition) is 0. The van der Waals surface area contributed by atoms with Gasteiger partial charge >= 0.3 is 0 Å². The molecule has 0 amide bonds. The number of hydrogen-bond acceptors (Lipinski definition) is 3. The van der Waals surface area contributed by atoms with Gasteiger partial charge in [-0.3, -0.25) is 9.79 Å². The van der Waals surface area contributed by atoms with Crippen molar-refractivity contribution in [3.63, 3.8) is 0 Å². The highest BCUT2D eigenvalue weighted by Crippen LogP contribution is 2.36. The second-order valence-corrected chi connectivity index (χ2v) is 6.52. The zero-order chi connectivity index (χ0) is 16.7. The molecule has 2 aromatic carbocycles. The Morgan fingerprint density at radius 2 is 2.00 bits per heavy atom.